The van der Waals surface area contributed by atoms with E-state index in [-0.39, 0.29) is 17.3 Å². The normalized spacial score (nSPS) is 12.0. The number of hydrogen-bond acceptors (Lipinski definition) is 4. The second-order valence-electron chi connectivity index (χ2n) is 8.64. The third kappa shape index (κ3) is 6.73. The average molecular weight is 508 g/mol. The van der Waals surface area contributed by atoms with Crippen LogP contribution in [0.3, 0.4) is 0 Å². The summed E-state index contributed by atoms with van der Waals surface area (Å²) in [5.74, 6) is -0.756. The van der Waals surface area contributed by atoms with E-state index in [1.54, 1.807) is 43.3 Å². The number of carbonyl (C=O) groups excluding carboxylic acids is 2. The van der Waals surface area contributed by atoms with Crippen LogP contribution in [-0.2, 0) is 26.2 Å². The second-order valence-corrected chi connectivity index (χ2v) is 10.5. The molecular weight excluding hydrogens is 474 g/mol. The fourth-order valence-corrected chi connectivity index (χ4v) is 5.22. The third-order valence-electron chi connectivity index (χ3n) is 5.81. The van der Waals surface area contributed by atoms with Gasteiger partial charge in [-0.3, -0.25) is 13.9 Å². The Bertz CT molecular complexity index is 1260. The fourth-order valence-electron chi connectivity index (χ4n) is 3.79. The largest absolute Gasteiger partial charge is 0.354 e. The first-order chi connectivity index (χ1) is 17.2. The standard InChI is InChI=1S/C28H33N3O4S/c1-4-18-29-28(33)23(3)30(20-24-13-7-5-8-14-24)27(32)21-31(25-15-11-12-22(2)19-25)36(34,35)26-16-9-6-10-17-26/h5-17,19,23H,4,18,20-21H2,1-3H3,(H,29,33)/t23-/m0/s1. The molecule has 8 heteroatoms. The zero-order valence-electron chi connectivity index (χ0n) is 20.9. The molecule has 2 amide bonds. The first-order valence-corrected chi connectivity index (χ1v) is 13.4. The molecule has 3 aromatic carbocycles. The number of carbonyl (C=O) groups is 2. The Hall–Kier alpha value is -3.65. The van der Waals surface area contributed by atoms with E-state index in [2.05, 4.69) is 5.32 Å². The minimum Gasteiger partial charge on any atom is -0.354 e. The molecule has 0 aromatic heterocycles. The molecular formula is C28H33N3O4S. The number of benzene rings is 3. The van der Waals surface area contributed by atoms with Gasteiger partial charge in [0.05, 0.1) is 10.6 Å². The predicted molar refractivity (Wildman–Crippen MR) is 142 cm³/mol. The summed E-state index contributed by atoms with van der Waals surface area (Å²) in [6, 6.07) is 23.6. The number of anilines is 1. The molecule has 36 heavy (non-hydrogen) atoms. The van der Waals surface area contributed by atoms with Crippen LogP contribution in [0.4, 0.5) is 5.69 Å². The van der Waals surface area contributed by atoms with Gasteiger partial charge in [0.2, 0.25) is 11.8 Å². The van der Waals surface area contributed by atoms with Crippen LogP contribution < -0.4 is 9.62 Å². The first-order valence-electron chi connectivity index (χ1n) is 12.0. The lowest BCUT2D eigenvalue weighted by Gasteiger charge is -2.32. The van der Waals surface area contributed by atoms with Crippen LogP contribution in [0, 0.1) is 6.92 Å². The molecule has 0 heterocycles. The Labute approximate surface area is 213 Å². The molecule has 3 rings (SSSR count). The molecule has 0 radical (unpaired) electrons. The molecule has 0 unspecified atom stereocenters. The minimum atomic E-state index is -4.05. The SMILES string of the molecule is CCCNC(=O)[C@H](C)N(Cc1ccccc1)C(=O)CN(c1cccc(C)c1)S(=O)(=O)c1ccccc1. The van der Waals surface area contributed by atoms with Gasteiger partial charge in [0.15, 0.2) is 0 Å². The summed E-state index contributed by atoms with van der Waals surface area (Å²) in [5, 5.41) is 2.84. The molecule has 1 atom stereocenters. The number of amides is 2. The van der Waals surface area contributed by atoms with E-state index in [4.69, 9.17) is 0 Å². The van der Waals surface area contributed by atoms with E-state index in [9.17, 15) is 18.0 Å². The van der Waals surface area contributed by atoms with Crippen molar-refractivity contribution in [1.82, 2.24) is 10.2 Å². The molecule has 7 nitrogen and oxygen atoms in total. The summed E-state index contributed by atoms with van der Waals surface area (Å²) in [4.78, 5) is 28.1. The maximum Gasteiger partial charge on any atom is 0.264 e. The molecule has 0 aliphatic carbocycles. The van der Waals surface area contributed by atoms with Gasteiger partial charge in [0.25, 0.3) is 10.0 Å². The maximum absolute atomic E-state index is 13.8. The molecule has 0 saturated carbocycles. The molecule has 190 valence electrons. The molecule has 3 aromatic rings. The monoisotopic (exact) mass is 507 g/mol. The van der Waals surface area contributed by atoms with Crippen molar-refractivity contribution in [3.05, 3.63) is 96.1 Å². The van der Waals surface area contributed by atoms with E-state index < -0.39 is 28.5 Å². The lowest BCUT2D eigenvalue weighted by atomic mass is 10.1. The van der Waals surface area contributed by atoms with Crippen LogP contribution in [0.15, 0.2) is 89.8 Å². The summed E-state index contributed by atoms with van der Waals surface area (Å²) < 4.78 is 28.5. The topological polar surface area (TPSA) is 86.8 Å². The number of rotatable bonds is 11. The Morgan fingerprint density at radius 3 is 2.17 bits per heavy atom. The number of sulfonamides is 1. The smallest absolute Gasteiger partial charge is 0.264 e. The van der Waals surface area contributed by atoms with Crippen molar-refractivity contribution in [1.29, 1.82) is 0 Å². The van der Waals surface area contributed by atoms with E-state index in [0.29, 0.717) is 12.2 Å². The molecule has 0 saturated heterocycles. The van der Waals surface area contributed by atoms with Crippen LogP contribution in [0.25, 0.3) is 0 Å². The van der Waals surface area contributed by atoms with Crippen molar-refractivity contribution in [2.75, 3.05) is 17.4 Å². The summed E-state index contributed by atoms with van der Waals surface area (Å²) in [6.45, 7) is 5.70. The Kier molecular flexibility index (Phi) is 9.25. The third-order valence-corrected chi connectivity index (χ3v) is 7.60. The highest BCUT2D eigenvalue weighted by Gasteiger charge is 2.32. The lowest BCUT2D eigenvalue weighted by Crippen LogP contribution is -2.51. The van der Waals surface area contributed by atoms with Crippen molar-refractivity contribution in [2.45, 2.75) is 44.7 Å². The minimum absolute atomic E-state index is 0.0858. The lowest BCUT2D eigenvalue weighted by molar-refractivity contribution is -0.139. The fraction of sp³-hybridized carbons (Fsp3) is 0.286. The second kappa shape index (κ2) is 12.4. The predicted octanol–water partition coefficient (Wildman–Crippen LogP) is 4.13. The number of aryl methyl sites for hydroxylation is 1. The first kappa shape index (κ1) is 26.9. The van der Waals surface area contributed by atoms with Gasteiger partial charge in [-0.25, -0.2) is 8.42 Å². The van der Waals surface area contributed by atoms with Crippen LogP contribution in [0.2, 0.25) is 0 Å². The quantitative estimate of drug-likeness (QED) is 0.423. The Morgan fingerprint density at radius 1 is 0.917 bits per heavy atom. The van der Waals surface area contributed by atoms with Gasteiger partial charge in [-0.2, -0.15) is 0 Å². The van der Waals surface area contributed by atoms with Gasteiger partial charge in [-0.1, -0.05) is 67.6 Å². The average Bonchev–Trinajstić information content (AvgIpc) is 2.89. The highest BCUT2D eigenvalue weighted by atomic mass is 32.2. The zero-order valence-corrected chi connectivity index (χ0v) is 21.7. The van der Waals surface area contributed by atoms with E-state index >= 15 is 0 Å². The van der Waals surface area contributed by atoms with Gasteiger partial charge in [0, 0.05) is 13.1 Å². The van der Waals surface area contributed by atoms with E-state index in [1.807, 2.05) is 50.2 Å². The Balaban J connectivity index is 1.99. The molecule has 0 aliphatic heterocycles. The van der Waals surface area contributed by atoms with Crippen molar-refractivity contribution in [2.24, 2.45) is 0 Å². The van der Waals surface area contributed by atoms with Gasteiger partial charge in [-0.15, -0.1) is 0 Å². The summed E-state index contributed by atoms with van der Waals surface area (Å²) in [7, 11) is -4.05. The summed E-state index contributed by atoms with van der Waals surface area (Å²) in [6.07, 6.45) is 0.765. The molecule has 0 aliphatic rings. The zero-order chi connectivity index (χ0) is 26.1. The van der Waals surface area contributed by atoms with Crippen molar-refractivity contribution >= 4 is 27.5 Å². The van der Waals surface area contributed by atoms with Crippen molar-refractivity contribution in [3.8, 4) is 0 Å². The van der Waals surface area contributed by atoms with Gasteiger partial charge in [0.1, 0.15) is 12.6 Å². The van der Waals surface area contributed by atoms with E-state index in [1.165, 1.54) is 17.0 Å². The van der Waals surface area contributed by atoms with Gasteiger partial charge < -0.3 is 10.2 Å². The van der Waals surface area contributed by atoms with Gasteiger partial charge in [-0.05, 0) is 55.7 Å². The van der Waals surface area contributed by atoms with Gasteiger partial charge >= 0.3 is 0 Å². The van der Waals surface area contributed by atoms with Crippen LogP contribution in [-0.4, -0.2) is 44.3 Å². The molecule has 1 N–H and O–H groups in total. The molecule has 0 fully saturated rings. The molecule has 0 bridgehead atoms. The Morgan fingerprint density at radius 2 is 1.56 bits per heavy atom. The number of nitrogens with one attached hydrogen (secondary N) is 1. The van der Waals surface area contributed by atoms with Crippen molar-refractivity contribution < 1.29 is 18.0 Å². The number of hydrogen-bond donors (Lipinski definition) is 1. The van der Waals surface area contributed by atoms with Crippen LogP contribution >= 0.6 is 0 Å². The summed E-state index contributed by atoms with van der Waals surface area (Å²) in [5.41, 5.74) is 2.09. The molecule has 0 spiro atoms. The highest BCUT2D eigenvalue weighted by Crippen LogP contribution is 2.25. The van der Waals surface area contributed by atoms with Crippen LogP contribution in [0.1, 0.15) is 31.4 Å². The van der Waals surface area contributed by atoms with E-state index in [0.717, 1.165) is 21.9 Å². The van der Waals surface area contributed by atoms with Crippen LogP contribution in [0.5, 0.6) is 0 Å². The maximum atomic E-state index is 13.8. The van der Waals surface area contributed by atoms with Crippen molar-refractivity contribution in [3.63, 3.8) is 0 Å². The highest BCUT2D eigenvalue weighted by molar-refractivity contribution is 7.92. The summed E-state index contributed by atoms with van der Waals surface area (Å²) >= 11 is 0. The number of nitrogens with zero attached hydrogens (tertiary/aromatic N) is 2.